The maximum absolute atomic E-state index is 2.47. The van der Waals surface area contributed by atoms with Gasteiger partial charge in [-0.1, -0.05) is 158 Å². The fraction of sp³-hybridized carbons (Fsp3) is 0. The van der Waals surface area contributed by atoms with E-state index in [4.69, 9.17) is 0 Å². The van der Waals surface area contributed by atoms with Crippen molar-refractivity contribution in [1.29, 1.82) is 0 Å². The maximum atomic E-state index is 2.47. The molecule has 1 heterocycles. The fourth-order valence-electron chi connectivity index (χ4n) is 7.47. The van der Waals surface area contributed by atoms with Gasteiger partial charge in [0.2, 0.25) is 0 Å². The number of hydrogen-bond donors (Lipinski definition) is 0. The topological polar surface area (TPSA) is 8.17 Å². The molecular weight excluding hydrogens is 605 g/mol. The summed E-state index contributed by atoms with van der Waals surface area (Å²) in [6, 6.07) is 74.1. The molecule has 0 aliphatic carbocycles. The molecule has 0 bridgehead atoms. The molecule has 9 aromatic rings. The van der Waals surface area contributed by atoms with Crippen LogP contribution in [-0.2, 0) is 0 Å². The maximum Gasteiger partial charge on any atom is 0.0562 e. The van der Waals surface area contributed by atoms with Crippen molar-refractivity contribution in [2.75, 3.05) is 4.90 Å². The van der Waals surface area contributed by atoms with E-state index in [1.54, 1.807) is 0 Å². The van der Waals surface area contributed by atoms with Crippen molar-refractivity contribution < 1.29 is 0 Å². The van der Waals surface area contributed by atoms with Crippen LogP contribution in [0.4, 0.5) is 17.1 Å². The van der Waals surface area contributed by atoms with E-state index in [9.17, 15) is 0 Å². The highest BCUT2D eigenvalue weighted by molar-refractivity contribution is 6.17. The minimum absolute atomic E-state index is 1.10. The Bertz CT molecular complexity index is 2570. The summed E-state index contributed by atoms with van der Waals surface area (Å²) in [5, 5.41) is 2.43. The zero-order chi connectivity index (χ0) is 33.3. The van der Waals surface area contributed by atoms with Crippen LogP contribution in [0.1, 0.15) is 0 Å². The average Bonchev–Trinajstić information content (AvgIpc) is 3.54. The van der Waals surface area contributed by atoms with Crippen molar-refractivity contribution >= 4 is 38.9 Å². The summed E-state index contributed by atoms with van der Waals surface area (Å²) in [7, 11) is 0. The molecule has 0 aliphatic rings. The molecule has 0 amide bonds. The summed E-state index contributed by atoms with van der Waals surface area (Å²) >= 11 is 0. The van der Waals surface area contributed by atoms with E-state index in [1.807, 2.05) is 0 Å². The number of anilines is 3. The summed E-state index contributed by atoms with van der Waals surface area (Å²) in [4.78, 5) is 2.47. The smallest absolute Gasteiger partial charge is 0.0562 e. The summed E-state index contributed by atoms with van der Waals surface area (Å²) in [6.45, 7) is 0. The lowest BCUT2D eigenvalue weighted by atomic mass is 9.87. The molecule has 0 unspecified atom stereocenters. The molecule has 0 spiro atoms. The first kappa shape index (κ1) is 29.5. The molecule has 9 rings (SSSR count). The molecule has 50 heavy (non-hydrogen) atoms. The van der Waals surface area contributed by atoms with Gasteiger partial charge in [-0.15, -0.1) is 0 Å². The van der Waals surface area contributed by atoms with Crippen LogP contribution in [0.15, 0.2) is 206 Å². The molecule has 1 aromatic heterocycles. The highest BCUT2D eigenvalue weighted by Crippen LogP contribution is 2.50. The largest absolute Gasteiger partial charge is 0.309 e. The lowest BCUT2D eigenvalue weighted by Crippen LogP contribution is -2.12. The Labute approximate surface area is 292 Å². The lowest BCUT2D eigenvalue weighted by Gasteiger charge is -2.30. The Hall–Kier alpha value is -6.64. The molecule has 0 saturated carbocycles. The van der Waals surface area contributed by atoms with Gasteiger partial charge in [0.25, 0.3) is 0 Å². The third-order valence-electron chi connectivity index (χ3n) is 9.59. The minimum atomic E-state index is 1.10. The minimum Gasteiger partial charge on any atom is -0.309 e. The predicted octanol–water partition coefficient (Wildman–Crippen LogP) is 13.3. The second-order valence-corrected chi connectivity index (χ2v) is 12.5. The quantitative estimate of drug-likeness (QED) is 0.169. The number of rotatable bonds is 7. The van der Waals surface area contributed by atoms with Gasteiger partial charge in [-0.2, -0.15) is 0 Å². The van der Waals surface area contributed by atoms with Gasteiger partial charge in [0.1, 0.15) is 0 Å². The second kappa shape index (κ2) is 12.8. The van der Waals surface area contributed by atoms with Gasteiger partial charge in [-0.25, -0.2) is 0 Å². The Kier molecular flexibility index (Phi) is 7.53. The first-order valence-electron chi connectivity index (χ1n) is 17.1. The average molecular weight is 639 g/mol. The van der Waals surface area contributed by atoms with Gasteiger partial charge < -0.3 is 9.47 Å². The van der Waals surface area contributed by atoms with Crippen molar-refractivity contribution in [2.45, 2.75) is 0 Å². The van der Waals surface area contributed by atoms with E-state index in [1.165, 1.54) is 55.2 Å². The van der Waals surface area contributed by atoms with Crippen LogP contribution in [0.2, 0.25) is 0 Å². The molecule has 236 valence electrons. The van der Waals surface area contributed by atoms with Crippen molar-refractivity contribution in [3.63, 3.8) is 0 Å². The highest BCUT2D eigenvalue weighted by atomic mass is 15.2. The monoisotopic (exact) mass is 638 g/mol. The zero-order valence-corrected chi connectivity index (χ0v) is 27.5. The van der Waals surface area contributed by atoms with Gasteiger partial charge in [0, 0.05) is 27.7 Å². The van der Waals surface area contributed by atoms with Crippen molar-refractivity contribution in [2.24, 2.45) is 0 Å². The molecule has 0 atom stereocenters. The standard InChI is InChI=1S/C48H34N2/c1-5-19-35(20-6-1)39-27-13-14-28-41(39)47-40(36-21-7-2-8-22-36)30-17-32-44(47)50(38-25-11-4-12-26-38)46-34-18-33-45-48(46)42-29-15-16-31-43(42)49(45)37-23-9-3-10-24-37/h1-34H. The molecule has 0 N–H and O–H groups in total. The molecule has 0 fully saturated rings. The highest BCUT2D eigenvalue weighted by Gasteiger charge is 2.25. The lowest BCUT2D eigenvalue weighted by molar-refractivity contribution is 1.18. The van der Waals surface area contributed by atoms with E-state index >= 15 is 0 Å². The van der Waals surface area contributed by atoms with E-state index in [2.05, 4.69) is 216 Å². The van der Waals surface area contributed by atoms with Crippen LogP contribution >= 0.6 is 0 Å². The summed E-state index contributed by atoms with van der Waals surface area (Å²) < 4.78 is 2.39. The van der Waals surface area contributed by atoms with Gasteiger partial charge in [0.15, 0.2) is 0 Å². The molecular formula is C48H34N2. The van der Waals surface area contributed by atoms with E-state index in [-0.39, 0.29) is 0 Å². The van der Waals surface area contributed by atoms with Gasteiger partial charge in [-0.3, -0.25) is 0 Å². The number of para-hydroxylation sites is 3. The Morgan fingerprint density at radius 3 is 1.56 bits per heavy atom. The number of fused-ring (bicyclic) bond motifs is 3. The van der Waals surface area contributed by atoms with Crippen LogP contribution in [-0.4, -0.2) is 4.57 Å². The van der Waals surface area contributed by atoms with Crippen molar-refractivity contribution in [3.05, 3.63) is 206 Å². The van der Waals surface area contributed by atoms with Gasteiger partial charge >= 0.3 is 0 Å². The molecule has 0 radical (unpaired) electrons. The summed E-state index contributed by atoms with van der Waals surface area (Å²) in [6.07, 6.45) is 0. The SMILES string of the molecule is c1ccc(-c2ccccc2-c2c(-c3ccccc3)cccc2N(c2ccccc2)c2cccc3c2c2ccccc2n3-c2ccccc2)cc1. The Balaban J connectivity index is 1.40. The molecule has 2 nitrogen and oxygen atoms in total. The molecule has 0 saturated heterocycles. The molecule has 0 aliphatic heterocycles. The Morgan fingerprint density at radius 1 is 0.340 bits per heavy atom. The molecule has 8 aromatic carbocycles. The first-order valence-corrected chi connectivity index (χ1v) is 17.1. The number of aromatic nitrogens is 1. The van der Waals surface area contributed by atoms with Crippen LogP contribution in [0.3, 0.4) is 0 Å². The second-order valence-electron chi connectivity index (χ2n) is 12.5. The van der Waals surface area contributed by atoms with Gasteiger partial charge in [-0.05, 0) is 76.3 Å². The van der Waals surface area contributed by atoms with Crippen LogP contribution in [0, 0.1) is 0 Å². The van der Waals surface area contributed by atoms with Crippen LogP contribution < -0.4 is 4.90 Å². The van der Waals surface area contributed by atoms with Gasteiger partial charge in [0.05, 0.1) is 22.4 Å². The normalized spacial score (nSPS) is 11.2. The third kappa shape index (κ3) is 5.06. The van der Waals surface area contributed by atoms with E-state index in [0.717, 1.165) is 22.7 Å². The van der Waals surface area contributed by atoms with Crippen LogP contribution in [0.5, 0.6) is 0 Å². The Morgan fingerprint density at radius 2 is 0.840 bits per heavy atom. The number of hydrogen-bond acceptors (Lipinski definition) is 1. The molecule has 2 heteroatoms. The van der Waals surface area contributed by atoms with Crippen molar-refractivity contribution in [3.8, 4) is 39.1 Å². The first-order chi connectivity index (χ1) is 24.9. The third-order valence-corrected chi connectivity index (χ3v) is 9.59. The summed E-state index contributed by atoms with van der Waals surface area (Å²) in [5.74, 6) is 0. The number of benzene rings is 8. The fourth-order valence-corrected chi connectivity index (χ4v) is 7.47. The predicted molar refractivity (Wildman–Crippen MR) is 212 cm³/mol. The van der Waals surface area contributed by atoms with E-state index < -0.39 is 0 Å². The van der Waals surface area contributed by atoms with Crippen LogP contribution in [0.25, 0.3) is 60.9 Å². The van der Waals surface area contributed by atoms with E-state index in [0.29, 0.717) is 0 Å². The number of nitrogens with zero attached hydrogens (tertiary/aromatic N) is 2. The zero-order valence-electron chi connectivity index (χ0n) is 27.5. The summed E-state index contributed by atoms with van der Waals surface area (Å²) in [5.41, 5.74) is 14.0. The van der Waals surface area contributed by atoms with Crippen molar-refractivity contribution in [1.82, 2.24) is 4.57 Å².